The number of benzene rings is 1. The van der Waals surface area contributed by atoms with E-state index >= 15 is 0 Å². The lowest BCUT2D eigenvalue weighted by Crippen LogP contribution is -2.36. The third-order valence-electron chi connectivity index (χ3n) is 4.72. The lowest BCUT2D eigenvalue weighted by molar-refractivity contribution is 0.122. The van der Waals surface area contributed by atoms with E-state index in [-0.39, 0.29) is 0 Å². The number of pyridine rings is 2. The predicted octanol–water partition coefficient (Wildman–Crippen LogP) is 3.73. The van der Waals surface area contributed by atoms with Crippen molar-refractivity contribution in [3.8, 4) is 11.6 Å². The molecule has 0 radical (unpaired) electrons. The molecule has 1 aliphatic heterocycles. The molecule has 0 unspecified atom stereocenters. The lowest BCUT2D eigenvalue weighted by Gasteiger charge is -2.29. The normalized spacial score (nSPS) is 14.1. The van der Waals surface area contributed by atoms with Crippen molar-refractivity contribution in [1.29, 1.82) is 0 Å². The fraction of sp³-hybridized carbons (Fsp3) is 0.190. The van der Waals surface area contributed by atoms with E-state index in [2.05, 4.69) is 30.2 Å². The molecular weight excluding hydrogens is 368 g/mol. The number of fused-ring (bicyclic) bond motifs is 1. The molecule has 0 amide bonds. The van der Waals surface area contributed by atoms with Crippen LogP contribution in [0.1, 0.15) is 0 Å². The number of aromatic amines is 1. The molecular formula is C21H20N6O2. The number of imidazole rings is 1. The van der Waals surface area contributed by atoms with Crippen LogP contribution in [0.15, 0.2) is 61.1 Å². The van der Waals surface area contributed by atoms with Gasteiger partial charge in [-0.2, -0.15) is 0 Å². The number of hydrogen-bond acceptors (Lipinski definition) is 7. The number of rotatable bonds is 5. The van der Waals surface area contributed by atoms with Crippen molar-refractivity contribution < 1.29 is 9.47 Å². The summed E-state index contributed by atoms with van der Waals surface area (Å²) in [5.74, 6) is 1.98. The number of nitrogens with zero attached hydrogens (tertiary/aromatic N) is 4. The van der Waals surface area contributed by atoms with Crippen LogP contribution in [0.4, 0.5) is 17.3 Å². The van der Waals surface area contributed by atoms with Gasteiger partial charge in [-0.1, -0.05) is 0 Å². The van der Waals surface area contributed by atoms with E-state index < -0.39 is 0 Å². The van der Waals surface area contributed by atoms with Crippen LogP contribution in [0.25, 0.3) is 11.0 Å². The Balaban J connectivity index is 1.31. The van der Waals surface area contributed by atoms with E-state index in [0.717, 1.165) is 41.2 Å². The molecule has 0 bridgehead atoms. The smallest absolute Gasteiger partial charge is 0.243 e. The average Bonchev–Trinajstić information content (AvgIpc) is 3.18. The van der Waals surface area contributed by atoms with Gasteiger partial charge in [0.15, 0.2) is 0 Å². The molecule has 0 atom stereocenters. The predicted molar refractivity (Wildman–Crippen MR) is 111 cm³/mol. The van der Waals surface area contributed by atoms with Gasteiger partial charge in [-0.15, -0.1) is 0 Å². The Kier molecular flexibility index (Phi) is 4.67. The van der Waals surface area contributed by atoms with Gasteiger partial charge >= 0.3 is 0 Å². The van der Waals surface area contributed by atoms with Gasteiger partial charge in [-0.25, -0.2) is 9.97 Å². The Bertz CT molecular complexity index is 1070. The molecule has 4 aromatic rings. The van der Waals surface area contributed by atoms with Gasteiger partial charge < -0.3 is 24.7 Å². The van der Waals surface area contributed by atoms with E-state index in [4.69, 9.17) is 9.47 Å². The van der Waals surface area contributed by atoms with E-state index in [9.17, 15) is 0 Å². The Morgan fingerprint density at radius 2 is 1.90 bits per heavy atom. The van der Waals surface area contributed by atoms with Gasteiger partial charge in [0.05, 0.1) is 30.4 Å². The van der Waals surface area contributed by atoms with E-state index in [1.165, 1.54) is 0 Å². The summed E-state index contributed by atoms with van der Waals surface area (Å²) in [4.78, 5) is 18.4. The maximum absolute atomic E-state index is 6.06. The first-order valence-corrected chi connectivity index (χ1v) is 9.47. The van der Waals surface area contributed by atoms with Crippen LogP contribution in [0.2, 0.25) is 0 Å². The third kappa shape index (κ3) is 3.83. The molecule has 5 rings (SSSR count). The number of ether oxygens (including phenoxy) is 2. The zero-order valence-electron chi connectivity index (χ0n) is 15.7. The molecule has 4 heterocycles. The summed E-state index contributed by atoms with van der Waals surface area (Å²) in [5.41, 5.74) is 3.64. The molecule has 8 heteroatoms. The van der Waals surface area contributed by atoms with Gasteiger partial charge in [-0.05, 0) is 42.5 Å². The monoisotopic (exact) mass is 388 g/mol. The van der Waals surface area contributed by atoms with Crippen molar-refractivity contribution in [3.63, 3.8) is 0 Å². The maximum Gasteiger partial charge on any atom is 0.243 e. The standard InChI is InChI=1S/C21H20N6O2/c1-2-19(27-10-12-28-13-11-27)20(23-8-1)29-16-5-3-15(4-6-16)24-21-25-17-7-9-22-14-18(17)26-21/h1-9,14H,10-13H2,(H2,24,25,26). The van der Waals surface area contributed by atoms with Crippen LogP contribution in [0, 0.1) is 0 Å². The topological polar surface area (TPSA) is 88.2 Å². The summed E-state index contributed by atoms with van der Waals surface area (Å²) < 4.78 is 11.5. The maximum atomic E-state index is 6.06. The van der Waals surface area contributed by atoms with E-state index in [0.29, 0.717) is 25.0 Å². The van der Waals surface area contributed by atoms with Crippen molar-refractivity contribution in [2.75, 3.05) is 36.5 Å². The first-order valence-electron chi connectivity index (χ1n) is 9.47. The highest BCUT2D eigenvalue weighted by molar-refractivity contribution is 5.77. The van der Waals surface area contributed by atoms with Gasteiger partial charge in [0.2, 0.25) is 11.8 Å². The summed E-state index contributed by atoms with van der Waals surface area (Å²) in [7, 11) is 0. The minimum Gasteiger partial charge on any atom is -0.437 e. The molecule has 8 nitrogen and oxygen atoms in total. The highest BCUT2D eigenvalue weighted by Crippen LogP contribution is 2.31. The largest absolute Gasteiger partial charge is 0.437 e. The molecule has 146 valence electrons. The van der Waals surface area contributed by atoms with Crippen LogP contribution in [-0.2, 0) is 4.74 Å². The minimum atomic E-state index is 0.597. The van der Waals surface area contributed by atoms with Crippen molar-refractivity contribution in [3.05, 3.63) is 61.1 Å². The summed E-state index contributed by atoms with van der Waals surface area (Å²) >= 11 is 0. The number of hydrogen-bond donors (Lipinski definition) is 2. The minimum absolute atomic E-state index is 0.597. The van der Waals surface area contributed by atoms with Crippen LogP contribution >= 0.6 is 0 Å². The number of aromatic nitrogens is 4. The van der Waals surface area contributed by atoms with Crippen molar-refractivity contribution in [2.45, 2.75) is 0 Å². The molecule has 29 heavy (non-hydrogen) atoms. The zero-order chi connectivity index (χ0) is 19.5. The lowest BCUT2D eigenvalue weighted by atomic mass is 10.3. The molecule has 0 aliphatic carbocycles. The van der Waals surface area contributed by atoms with Gasteiger partial charge in [-0.3, -0.25) is 4.98 Å². The molecule has 1 fully saturated rings. The fourth-order valence-electron chi connectivity index (χ4n) is 3.28. The second-order valence-corrected chi connectivity index (χ2v) is 6.66. The molecule has 1 saturated heterocycles. The average molecular weight is 388 g/mol. The van der Waals surface area contributed by atoms with Crippen molar-refractivity contribution in [2.24, 2.45) is 0 Å². The van der Waals surface area contributed by atoms with Crippen LogP contribution in [0.3, 0.4) is 0 Å². The summed E-state index contributed by atoms with van der Waals surface area (Å²) in [6.45, 7) is 3.09. The van der Waals surface area contributed by atoms with Crippen molar-refractivity contribution >= 4 is 28.4 Å². The fourth-order valence-corrected chi connectivity index (χ4v) is 3.28. The Morgan fingerprint density at radius 1 is 1.03 bits per heavy atom. The Labute approximate surface area is 167 Å². The van der Waals surface area contributed by atoms with Crippen LogP contribution < -0.4 is 15.0 Å². The van der Waals surface area contributed by atoms with Crippen LogP contribution in [-0.4, -0.2) is 46.2 Å². The molecule has 1 aliphatic rings. The number of morpholine rings is 1. The first-order chi connectivity index (χ1) is 14.3. The molecule has 0 saturated carbocycles. The number of anilines is 3. The summed E-state index contributed by atoms with van der Waals surface area (Å²) in [6, 6.07) is 13.5. The van der Waals surface area contributed by atoms with Crippen molar-refractivity contribution in [1.82, 2.24) is 19.9 Å². The van der Waals surface area contributed by atoms with Crippen LogP contribution in [0.5, 0.6) is 11.6 Å². The summed E-state index contributed by atoms with van der Waals surface area (Å²) in [6.07, 6.45) is 5.22. The second kappa shape index (κ2) is 7.76. The number of H-pyrrole nitrogens is 1. The zero-order valence-corrected chi connectivity index (χ0v) is 15.7. The summed E-state index contributed by atoms with van der Waals surface area (Å²) in [5, 5.41) is 3.26. The highest BCUT2D eigenvalue weighted by atomic mass is 16.5. The molecule has 3 aromatic heterocycles. The quantitative estimate of drug-likeness (QED) is 0.539. The van der Waals surface area contributed by atoms with E-state index in [1.54, 1.807) is 18.6 Å². The highest BCUT2D eigenvalue weighted by Gasteiger charge is 2.16. The molecule has 2 N–H and O–H groups in total. The first kappa shape index (κ1) is 17.4. The number of nitrogens with one attached hydrogen (secondary N) is 2. The molecule has 0 spiro atoms. The Morgan fingerprint density at radius 3 is 2.72 bits per heavy atom. The third-order valence-corrected chi connectivity index (χ3v) is 4.72. The SMILES string of the molecule is c1cnc(Oc2ccc(Nc3nc4ccncc4[nH]3)cc2)c(N2CCOCC2)c1. The molecule has 1 aromatic carbocycles. The Hall–Kier alpha value is -3.65. The van der Waals surface area contributed by atoms with Gasteiger partial charge in [0.25, 0.3) is 0 Å². The van der Waals surface area contributed by atoms with Gasteiger partial charge in [0.1, 0.15) is 11.4 Å². The van der Waals surface area contributed by atoms with E-state index in [1.807, 2.05) is 42.5 Å². The van der Waals surface area contributed by atoms with Gasteiger partial charge in [0, 0.05) is 31.2 Å². The second-order valence-electron chi connectivity index (χ2n) is 6.66.